The SMILES string of the molecule is C[C@@H](c1ccc(Cl)cc1)N1CC(O)C1. The number of nitrogens with zero attached hydrogens (tertiary/aromatic N) is 1. The van der Waals surface area contributed by atoms with E-state index < -0.39 is 0 Å². The molecule has 1 aliphatic heterocycles. The van der Waals surface area contributed by atoms with Gasteiger partial charge in [0.25, 0.3) is 0 Å². The molecule has 1 fully saturated rings. The van der Waals surface area contributed by atoms with Crippen molar-refractivity contribution < 1.29 is 5.11 Å². The molecule has 0 bridgehead atoms. The fourth-order valence-electron chi connectivity index (χ4n) is 1.76. The lowest BCUT2D eigenvalue weighted by Gasteiger charge is -2.40. The van der Waals surface area contributed by atoms with Gasteiger partial charge in [0, 0.05) is 24.2 Å². The number of hydrogen-bond acceptors (Lipinski definition) is 2. The lowest BCUT2D eigenvalue weighted by molar-refractivity contribution is -0.0211. The maximum atomic E-state index is 9.20. The topological polar surface area (TPSA) is 23.5 Å². The average molecular weight is 212 g/mol. The molecule has 1 heterocycles. The highest BCUT2D eigenvalue weighted by molar-refractivity contribution is 6.30. The van der Waals surface area contributed by atoms with Crippen molar-refractivity contribution >= 4 is 11.6 Å². The third-order valence-electron chi connectivity index (χ3n) is 2.79. The molecule has 1 aromatic rings. The summed E-state index contributed by atoms with van der Waals surface area (Å²) in [7, 11) is 0. The molecule has 0 amide bonds. The molecule has 0 aromatic heterocycles. The number of aliphatic hydroxyl groups is 1. The fourth-order valence-corrected chi connectivity index (χ4v) is 1.88. The van der Waals surface area contributed by atoms with Crippen LogP contribution in [0.4, 0.5) is 0 Å². The number of benzene rings is 1. The summed E-state index contributed by atoms with van der Waals surface area (Å²) in [5.41, 5.74) is 1.25. The molecule has 0 spiro atoms. The quantitative estimate of drug-likeness (QED) is 0.810. The Bertz CT molecular complexity index is 306. The molecule has 0 unspecified atom stereocenters. The van der Waals surface area contributed by atoms with Gasteiger partial charge in [-0.3, -0.25) is 4.90 Å². The average Bonchev–Trinajstić information content (AvgIpc) is 2.13. The zero-order chi connectivity index (χ0) is 10.1. The Morgan fingerprint density at radius 2 is 1.93 bits per heavy atom. The van der Waals surface area contributed by atoms with E-state index in [0.29, 0.717) is 6.04 Å². The second-order valence-electron chi connectivity index (χ2n) is 3.84. The van der Waals surface area contributed by atoms with Gasteiger partial charge in [0.05, 0.1) is 6.10 Å². The van der Waals surface area contributed by atoms with Crippen molar-refractivity contribution in [3.63, 3.8) is 0 Å². The number of aliphatic hydroxyl groups excluding tert-OH is 1. The van der Waals surface area contributed by atoms with E-state index in [1.54, 1.807) is 0 Å². The Balaban J connectivity index is 2.04. The van der Waals surface area contributed by atoms with E-state index in [4.69, 9.17) is 11.6 Å². The zero-order valence-corrected chi connectivity index (χ0v) is 8.91. The van der Waals surface area contributed by atoms with Crippen molar-refractivity contribution in [1.29, 1.82) is 0 Å². The van der Waals surface area contributed by atoms with Crippen LogP contribution in [0.15, 0.2) is 24.3 Å². The van der Waals surface area contributed by atoms with Crippen LogP contribution < -0.4 is 0 Å². The van der Waals surface area contributed by atoms with Crippen LogP contribution in [0.3, 0.4) is 0 Å². The zero-order valence-electron chi connectivity index (χ0n) is 8.15. The minimum atomic E-state index is -0.134. The number of halogens is 1. The molecule has 0 aliphatic carbocycles. The van der Waals surface area contributed by atoms with Crippen LogP contribution in [0, 0.1) is 0 Å². The predicted molar refractivity (Wildman–Crippen MR) is 57.4 cm³/mol. The van der Waals surface area contributed by atoms with E-state index in [1.807, 2.05) is 24.3 Å². The summed E-state index contributed by atoms with van der Waals surface area (Å²) in [5, 5.41) is 9.96. The molecule has 0 radical (unpaired) electrons. The van der Waals surface area contributed by atoms with Crippen LogP contribution in [0.2, 0.25) is 5.02 Å². The Hall–Kier alpha value is -0.570. The van der Waals surface area contributed by atoms with Crippen molar-refractivity contribution in [2.75, 3.05) is 13.1 Å². The first-order valence-electron chi connectivity index (χ1n) is 4.84. The van der Waals surface area contributed by atoms with Crippen LogP contribution in [0.5, 0.6) is 0 Å². The van der Waals surface area contributed by atoms with Crippen LogP contribution in [-0.4, -0.2) is 29.2 Å². The summed E-state index contributed by atoms with van der Waals surface area (Å²) in [4.78, 5) is 2.24. The van der Waals surface area contributed by atoms with E-state index in [1.165, 1.54) is 5.56 Å². The summed E-state index contributed by atoms with van der Waals surface area (Å²) in [6.45, 7) is 3.71. The summed E-state index contributed by atoms with van der Waals surface area (Å²) < 4.78 is 0. The monoisotopic (exact) mass is 211 g/mol. The first kappa shape index (κ1) is 9.97. The molecule has 1 atom stereocenters. The first-order chi connectivity index (χ1) is 6.66. The van der Waals surface area contributed by atoms with E-state index in [2.05, 4.69) is 11.8 Å². The Kier molecular flexibility index (Phi) is 2.77. The van der Waals surface area contributed by atoms with Gasteiger partial charge in [-0.05, 0) is 24.6 Å². The Morgan fingerprint density at radius 1 is 1.36 bits per heavy atom. The first-order valence-corrected chi connectivity index (χ1v) is 5.22. The van der Waals surface area contributed by atoms with Gasteiger partial charge in [-0.1, -0.05) is 23.7 Å². The molecular weight excluding hydrogens is 198 g/mol. The van der Waals surface area contributed by atoms with Crippen LogP contribution in [0.1, 0.15) is 18.5 Å². The third-order valence-corrected chi connectivity index (χ3v) is 3.04. The number of hydrogen-bond donors (Lipinski definition) is 1. The van der Waals surface area contributed by atoms with Gasteiger partial charge in [-0.15, -0.1) is 0 Å². The second-order valence-corrected chi connectivity index (χ2v) is 4.27. The van der Waals surface area contributed by atoms with Gasteiger partial charge in [-0.25, -0.2) is 0 Å². The van der Waals surface area contributed by atoms with E-state index >= 15 is 0 Å². The van der Waals surface area contributed by atoms with Gasteiger partial charge in [0.15, 0.2) is 0 Å². The van der Waals surface area contributed by atoms with Gasteiger partial charge in [-0.2, -0.15) is 0 Å². The standard InChI is InChI=1S/C11H14ClNO/c1-8(13-6-11(14)7-13)9-2-4-10(12)5-3-9/h2-5,8,11,14H,6-7H2,1H3/t8-/m0/s1. The van der Waals surface area contributed by atoms with Crippen LogP contribution in [-0.2, 0) is 0 Å². The van der Waals surface area contributed by atoms with Crippen molar-refractivity contribution in [2.45, 2.75) is 19.1 Å². The summed E-state index contributed by atoms with van der Waals surface area (Å²) in [6, 6.07) is 8.26. The molecular formula is C11H14ClNO. The second kappa shape index (κ2) is 3.89. The van der Waals surface area contributed by atoms with Gasteiger partial charge in [0.1, 0.15) is 0 Å². The van der Waals surface area contributed by atoms with E-state index in [0.717, 1.165) is 18.1 Å². The summed E-state index contributed by atoms with van der Waals surface area (Å²) in [6.07, 6.45) is -0.134. The number of rotatable bonds is 2. The maximum Gasteiger partial charge on any atom is 0.0794 e. The summed E-state index contributed by atoms with van der Waals surface area (Å²) >= 11 is 5.81. The predicted octanol–water partition coefficient (Wildman–Crippen LogP) is 2.08. The summed E-state index contributed by atoms with van der Waals surface area (Å²) in [5.74, 6) is 0. The highest BCUT2D eigenvalue weighted by Crippen LogP contribution is 2.25. The van der Waals surface area contributed by atoms with Crippen molar-refractivity contribution in [1.82, 2.24) is 4.90 Å². The Morgan fingerprint density at radius 3 is 2.43 bits per heavy atom. The van der Waals surface area contributed by atoms with Gasteiger partial charge >= 0.3 is 0 Å². The third kappa shape index (κ3) is 1.92. The fraction of sp³-hybridized carbons (Fsp3) is 0.455. The molecule has 1 saturated heterocycles. The molecule has 3 heteroatoms. The van der Waals surface area contributed by atoms with Crippen LogP contribution >= 0.6 is 11.6 Å². The largest absolute Gasteiger partial charge is 0.390 e. The smallest absolute Gasteiger partial charge is 0.0794 e. The molecule has 76 valence electrons. The van der Waals surface area contributed by atoms with E-state index in [-0.39, 0.29) is 6.10 Å². The lowest BCUT2D eigenvalue weighted by atomic mass is 10.0. The Labute approximate surface area is 89.1 Å². The minimum Gasteiger partial charge on any atom is -0.390 e. The molecule has 1 aromatic carbocycles. The highest BCUT2D eigenvalue weighted by Gasteiger charge is 2.28. The highest BCUT2D eigenvalue weighted by atomic mass is 35.5. The van der Waals surface area contributed by atoms with E-state index in [9.17, 15) is 5.11 Å². The van der Waals surface area contributed by atoms with Crippen molar-refractivity contribution in [3.05, 3.63) is 34.9 Å². The van der Waals surface area contributed by atoms with Crippen molar-refractivity contribution in [2.24, 2.45) is 0 Å². The molecule has 0 saturated carbocycles. The number of β-amino-alcohol motifs (C(OH)–C–C–N with tert-alkyl or cyclic N) is 1. The minimum absolute atomic E-state index is 0.134. The molecule has 2 nitrogen and oxygen atoms in total. The van der Waals surface area contributed by atoms with Gasteiger partial charge < -0.3 is 5.11 Å². The normalized spacial score (nSPS) is 20.5. The van der Waals surface area contributed by atoms with Gasteiger partial charge in [0.2, 0.25) is 0 Å². The molecule has 1 aliphatic rings. The lowest BCUT2D eigenvalue weighted by Crippen LogP contribution is -2.51. The van der Waals surface area contributed by atoms with Crippen LogP contribution in [0.25, 0.3) is 0 Å². The van der Waals surface area contributed by atoms with Crippen molar-refractivity contribution in [3.8, 4) is 0 Å². The number of likely N-dealkylation sites (tertiary alicyclic amines) is 1. The molecule has 2 rings (SSSR count). The maximum absolute atomic E-state index is 9.20. The molecule has 1 N–H and O–H groups in total. The molecule has 14 heavy (non-hydrogen) atoms.